The van der Waals surface area contributed by atoms with Crippen LogP contribution in [0.5, 0.6) is 5.75 Å². The number of benzene rings is 1. The average molecular weight is 501 g/mol. The van der Waals surface area contributed by atoms with Gasteiger partial charge in [0, 0.05) is 12.8 Å². The van der Waals surface area contributed by atoms with E-state index in [-0.39, 0.29) is 11.1 Å². The van der Waals surface area contributed by atoms with Crippen molar-refractivity contribution < 1.29 is 14.0 Å². The van der Waals surface area contributed by atoms with Crippen LogP contribution in [0.2, 0.25) is 18.1 Å². The van der Waals surface area contributed by atoms with Gasteiger partial charge in [-0.1, -0.05) is 96.1 Å². The maximum absolute atomic E-state index is 11.8. The summed E-state index contributed by atoms with van der Waals surface area (Å²) in [5.74, 6) is 1.82. The Balaban J connectivity index is 1.62. The van der Waals surface area contributed by atoms with Crippen molar-refractivity contribution in [3.05, 3.63) is 42.5 Å². The molecule has 2 rings (SSSR count). The number of rotatable bonds is 16. The third-order valence-electron chi connectivity index (χ3n) is 7.77. The average Bonchev–Trinajstić information content (AvgIpc) is 2.80. The molecule has 0 amide bonds. The smallest absolute Gasteiger partial charge is 0.192 e. The Morgan fingerprint density at radius 2 is 1.60 bits per heavy atom. The molecule has 2 unspecified atom stereocenters. The van der Waals surface area contributed by atoms with Crippen LogP contribution < -0.4 is 4.74 Å². The standard InChI is InChI=1S/C31H52O3Si/c1-31(2,3)35(4,5)34-30(24-23-27-18-17-19-28(32)26-27)22-13-10-8-6-7-9-11-16-25-33-29-20-14-12-15-21-29/h12,14-15,20-21,23-24,27,30H,6-11,13,16-19,22,25-26H2,1-5H3. The van der Waals surface area contributed by atoms with Gasteiger partial charge in [-0.05, 0) is 61.9 Å². The fourth-order valence-corrected chi connectivity index (χ4v) is 5.77. The van der Waals surface area contributed by atoms with Gasteiger partial charge in [-0.25, -0.2) is 0 Å². The highest BCUT2D eigenvalue weighted by molar-refractivity contribution is 6.74. The summed E-state index contributed by atoms with van der Waals surface area (Å²) in [6, 6.07) is 10.1. The Labute approximate surface area is 217 Å². The summed E-state index contributed by atoms with van der Waals surface area (Å²) in [5, 5.41) is 0.214. The van der Waals surface area contributed by atoms with Crippen molar-refractivity contribution in [2.75, 3.05) is 6.61 Å². The number of Topliss-reactive ketones (excluding diaryl/α,β-unsaturated/α-hetero) is 1. The number of carbonyl (C=O) groups is 1. The lowest BCUT2D eigenvalue weighted by atomic mass is 9.88. The molecule has 4 heteroatoms. The number of ether oxygens (including phenoxy) is 1. The van der Waals surface area contributed by atoms with E-state index in [0.29, 0.717) is 11.7 Å². The van der Waals surface area contributed by atoms with Crippen LogP contribution in [0.4, 0.5) is 0 Å². The van der Waals surface area contributed by atoms with E-state index in [9.17, 15) is 4.79 Å². The van der Waals surface area contributed by atoms with Crippen molar-refractivity contribution in [1.82, 2.24) is 0 Å². The summed E-state index contributed by atoms with van der Waals surface area (Å²) in [6.45, 7) is 12.5. The van der Waals surface area contributed by atoms with Gasteiger partial charge in [-0.2, -0.15) is 0 Å². The lowest BCUT2D eigenvalue weighted by Crippen LogP contribution is -2.43. The lowest BCUT2D eigenvalue weighted by Gasteiger charge is -2.39. The summed E-state index contributed by atoms with van der Waals surface area (Å²) in [7, 11) is -1.82. The SMILES string of the molecule is CC(C)(C)[Si](C)(C)OC(C=CC1CCCC(=O)C1)CCCCCCCCCCOc1ccccc1. The molecule has 198 valence electrons. The van der Waals surface area contributed by atoms with Gasteiger partial charge in [0.1, 0.15) is 11.5 Å². The van der Waals surface area contributed by atoms with E-state index in [0.717, 1.165) is 50.9 Å². The molecule has 1 aromatic rings. The topological polar surface area (TPSA) is 35.5 Å². The number of carbonyl (C=O) groups excluding carboxylic acids is 1. The van der Waals surface area contributed by atoms with E-state index in [1.807, 2.05) is 30.3 Å². The first-order valence-electron chi connectivity index (χ1n) is 14.2. The van der Waals surface area contributed by atoms with Crippen LogP contribution in [0.15, 0.2) is 42.5 Å². The zero-order valence-corrected chi connectivity index (χ0v) is 24.3. The second kappa shape index (κ2) is 15.7. The molecule has 0 heterocycles. The minimum atomic E-state index is -1.82. The van der Waals surface area contributed by atoms with Gasteiger partial charge in [-0.15, -0.1) is 0 Å². The zero-order valence-electron chi connectivity index (χ0n) is 23.3. The molecule has 1 aliphatic rings. The number of para-hydroxylation sites is 1. The highest BCUT2D eigenvalue weighted by Gasteiger charge is 2.38. The Bertz CT molecular complexity index is 735. The normalized spacial score (nSPS) is 18.2. The molecular formula is C31H52O3Si. The van der Waals surface area contributed by atoms with Crippen LogP contribution in [0.25, 0.3) is 0 Å². The van der Waals surface area contributed by atoms with E-state index in [1.165, 1.54) is 44.9 Å². The van der Waals surface area contributed by atoms with Gasteiger partial charge in [0.25, 0.3) is 0 Å². The zero-order chi connectivity index (χ0) is 25.6. The Hall–Kier alpha value is -1.39. The molecule has 0 bridgehead atoms. The number of unbranched alkanes of at least 4 members (excludes halogenated alkanes) is 7. The van der Waals surface area contributed by atoms with Crippen molar-refractivity contribution in [2.24, 2.45) is 5.92 Å². The van der Waals surface area contributed by atoms with Crippen molar-refractivity contribution in [3.8, 4) is 5.75 Å². The third kappa shape index (κ3) is 12.4. The summed E-state index contributed by atoms with van der Waals surface area (Å²) in [6.07, 6.45) is 19.7. The molecule has 0 spiro atoms. The first-order chi connectivity index (χ1) is 16.7. The number of allylic oxidation sites excluding steroid dienone is 1. The van der Waals surface area contributed by atoms with Gasteiger partial charge in [-0.3, -0.25) is 4.79 Å². The van der Waals surface area contributed by atoms with Crippen LogP contribution in [0.3, 0.4) is 0 Å². The molecule has 1 aromatic carbocycles. The van der Waals surface area contributed by atoms with E-state index in [2.05, 4.69) is 46.0 Å². The summed E-state index contributed by atoms with van der Waals surface area (Å²) in [4.78, 5) is 11.8. The Morgan fingerprint density at radius 3 is 2.23 bits per heavy atom. The van der Waals surface area contributed by atoms with Gasteiger partial charge in [0.15, 0.2) is 8.32 Å². The molecular weight excluding hydrogens is 448 g/mol. The van der Waals surface area contributed by atoms with Crippen LogP contribution in [0, 0.1) is 5.92 Å². The van der Waals surface area contributed by atoms with Crippen LogP contribution in [-0.4, -0.2) is 26.8 Å². The highest BCUT2D eigenvalue weighted by atomic mass is 28.4. The maximum atomic E-state index is 11.8. The van der Waals surface area contributed by atoms with Crippen LogP contribution >= 0.6 is 0 Å². The molecule has 0 N–H and O–H groups in total. The molecule has 0 radical (unpaired) electrons. The predicted molar refractivity (Wildman–Crippen MR) is 152 cm³/mol. The van der Waals surface area contributed by atoms with Crippen molar-refractivity contribution in [2.45, 2.75) is 128 Å². The minimum absolute atomic E-state index is 0.192. The Morgan fingerprint density at radius 1 is 0.971 bits per heavy atom. The van der Waals surface area contributed by atoms with Gasteiger partial charge >= 0.3 is 0 Å². The van der Waals surface area contributed by atoms with Crippen LogP contribution in [-0.2, 0) is 9.22 Å². The van der Waals surface area contributed by atoms with Gasteiger partial charge in [0.05, 0.1) is 12.7 Å². The van der Waals surface area contributed by atoms with E-state index >= 15 is 0 Å². The first-order valence-corrected chi connectivity index (χ1v) is 17.1. The monoisotopic (exact) mass is 500 g/mol. The quantitative estimate of drug-likeness (QED) is 0.129. The fraction of sp³-hybridized carbons (Fsp3) is 0.710. The second-order valence-electron chi connectivity index (χ2n) is 12.0. The van der Waals surface area contributed by atoms with E-state index in [4.69, 9.17) is 9.16 Å². The summed E-state index contributed by atoms with van der Waals surface area (Å²) >= 11 is 0. The maximum Gasteiger partial charge on any atom is 0.192 e. The van der Waals surface area contributed by atoms with Crippen molar-refractivity contribution in [3.63, 3.8) is 0 Å². The van der Waals surface area contributed by atoms with E-state index in [1.54, 1.807) is 0 Å². The lowest BCUT2D eigenvalue weighted by molar-refractivity contribution is -0.121. The van der Waals surface area contributed by atoms with E-state index < -0.39 is 8.32 Å². The number of ketones is 1. The minimum Gasteiger partial charge on any atom is -0.494 e. The van der Waals surface area contributed by atoms with Crippen molar-refractivity contribution >= 4 is 14.1 Å². The van der Waals surface area contributed by atoms with Gasteiger partial charge < -0.3 is 9.16 Å². The fourth-order valence-electron chi connectivity index (χ4n) is 4.47. The second-order valence-corrected chi connectivity index (χ2v) is 16.7. The van der Waals surface area contributed by atoms with Crippen molar-refractivity contribution in [1.29, 1.82) is 0 Å². The molecule has 35 heavy (non-hydrogen) atoms. The first kappa shape index (κ1) is 29.8. The Kier molecular flexibility index (Phi) is 13.3. The molecule has 3 nitrogen and oxygen atoms in total. The van der Waals surface area contributed by atoms with Gasteiger partial charge in [0.2, 0.25) is 0 Å². The molecule has 1 aliphatic carbocycles. The molecule has 0 saturated heterocycles. The molecule has 1 saturated carbocycles. The highest BCUT2D eigenvalue weighted by Crippen LogP contribution is 2.38. The molecule has 0 aliphatic heterocycles. The summed E-state index contributed by atoms with van der Waals surface area (Å²) < 4.78 is 12.6. The molecule has 0 aromatic heterocycles. The number of hydrogen-bond acceptors (Lipinski definition) is 3. The largest absolute Gasteiger partial charge is 0.494 e. The number of hydrogen-bond donors (Lipinski definition) is 0. The molecule has 1 fully saturated rings. The third-order valence-corrected chi connectivity index (χ3v) is 12.3. The summed E-state index contributed by atoms with van der Waals surface area (Å²) in [5.41, 5.74) is 0. The van der Waals surface area contributed by atoms with Crippen LogP contribution in [0.1, 0.15) is 104 Å². The predicted octanol–water partition coefficient (Wildman–Crippen LogP) is 9.28. The molecule has 2 atom stereocenters.